The van der Waals surface area contributed by atoms with Crippen LogP contribution in [-0.4, -0.2) is 39.9 Å². The molecule has 1 aromatic carbocycles. The Morgan fingerprint density at radius 2 is 1.93 bits per heavy atom. The highest BCUT2D eigenvalue weighted by molar-refractivity contribution is 6.19. The molecule has 140 valence electrons. The van der Waals surface area contributed by atoms with Gasteiger partial charge in [0.05, 0.1) is 0 Å². The molecule has 2 N–H and O–H groups in total. The van der Waals surface area contributed by atoms with Crippen LogP contribution in [0.5, 0.6) is 5.75 Å². The second kappa shape index (κ2) is 6.89. The van der Waals surface area contributed by atoms with Crippen LogP contribution in [0.25, 0.3) is 17.4 Å². The van der Waals surface area contributed by atoms with Crippen LogP contribution < -0.4 is 0 Å². The average molecular weight is 378 g/mol. The lowest BCUT2D eigenvalue weighted by molar-refractivity contribution is -0.138. The van der Waals surface area contributed by atoms with Crippen LogP contribution in [0.4, 0.5) is 0 Å². The molecule has 0 spiro atoms. The molecule has 2 aromatic rings. The minimum Gasteiger partial charge on any atom is -0.507 e. The van der Waals surface area contributed by atoms with Crippen molar-refractivity contribution >= 4 is 23.9 Å². The predicted octanol–water partition coefficient (Wildman–Crippen LogP) is 2.57. The highest BCUT2D eigenvalue weighted by atomic mass is 16.4. The number of phenols is 1. The van der Waals surface area contributed by atoms with E-state index in [4.69, 9.17) is 9.52 Å². The number of carbonyl (C=O) groups is 3. The molecule has 2 amide bonds. The number of rotatable bonds is 3. The topological polar surface area (TPSA) is 132 Å². The number of amides is 2. The monoisotopic (exact) mass is 378 g/mol. The highest BCUT2D eigenvalue weighted by Crippen LogP contribution is 2.30. The van der Waals surface area contributed by atoms with Crippen LogP contribution >= 0.6 is 0 Å². The van der Waals surface area contributed by atoms with Crippen LogP contribution in [0.15, 0.2) is 51.5 Å². The summed E-state index contributed by atoms with van der Waals surface area (Å²) in [6, 6.07) is 8.98. The molecule has 8 heteroatoms. The van der Waals surface area contributed by atoms with E-state index in [1.165, 1.54) is 38.2 Å². The fourth-order valence-corrected chi connectivity index (χ4v) is 2.79. The zero-order valence-corrected chi connectivity index (χ0v) is 14.9. The summed E-state index contributed by atoms with van der Waals surface area (Å²) in [4.78, 5) is 36.2. The predicted molar refractivity (Wildman–Crippen MR) is 96.8 cm³/mol. The first-order chi connectivity index (χ1) is 13.2. The molecule has 0 aliphatic carbocycles. The number of likely N-dealkylation sites (N-methyl/N-ethyl adjacent to an activating group) is 1. The Kier molecular flexibility index (Phi) is 4.59. The van der Waals surface area contributed by atoms with Gasteiger partial charge in [0.15, 0.2) is 0 Å². The van der Waals surface area contributed by atoms with E-state index in [-0.39, 0.29) is 22.3 Å². The lowest BCUT2D eigenvalue weighted by Gasteiger charge is -2.23. The van der Waals surface area contributed by atoms with Gasteiger partial charge in [0.25, 0.3) is 11.8 Å². The van der Waals surface area contributed by atoms with Crippen LogP contribution in [0.2, 0.25) is 0 Å². The smallest absolute Gasteiger partial charge is 0.339 e. The third-order valence-corrected chi connectivity index (χ3v) is 4.37. The number of aromatic hydroxyl groups is 1. The molecule has 0 saturated carbocycles. The largest absolute Gasteiger partial charge is 0.507 e. The molecule has 3 rings (SSSR count). The summed E-state index contributed by atoms with van der Waals surface area (Å²) in [6.45, 7) is 1.51. The molecule has 8 nitrogen and oxygen atoms in total. The van der Waals surface area contributed by atoms with E-state index in [1.807, 2.05) is 6.07 Å². The SMILES string of the molecule is CC1=C(C#N)C(=O)N(C)C(=O)/C1=C/c1ccc(-c2ccc(C(=O)O)c(O)c2)o1. The van der Waals surface area contributed by atoms with Crippen LogP contribution in [0, 0.1) is 11.3 Å². The van der Waals surface area contributed by atoms with Crippen molar-refractivity contribution in [2.45, 2.75) is 6.92 Å². The van der Waals surface area contributed by atoms with E-state index in [2.05, 4.69) is 0 Å². The Labute approximate surface area is 159 Å². The van der Waals surface area contributed by atoms with Crippen molar-refractivity contribution in [1.82, 2.24) is 4.90 Å². The number of hydrogen-bond acceptors (Lipinski definition) is 6. The number of carbonyl (C=O) groups excluding carboxylic acids is 2. The van der Waals surface area contributed by atoms with Crippen LogP contribution in [-0.2, 0) is 9.59 Å². The second-order valence-electron chi connectivity index (χ2n) is 6.08. The number of carboxylic acid groups (broad SMARTS) is 1. The summed E-state index contributed by atoms with van der Waals surface area (Å²) in [5, 5.41) is 28.0. The van der Waals surface area contributed by atoms with Crippen molar-refractivity contribution in [3.05, 3.63) is 58.4 Å². The van der Waals surface area contributed by atoms with E-state index in [0.29, 0.717) is 17.1 Å². The van der Waals surface area contributed by atoms with Crippen molar-refractivity contribution < 1.29 is 29.0 Å². The normalized spacial score (nSPS) is 15.9. The minimum absolute atomic E-state index is 0.116. The average Bonchev–Trinajstić information content (AvgIpc) is 3.12. The van der Waals surface area contributed by atoms with Gasteiger partial charge in [-0.05, 0) is 42.8 Å². The van der Waals surface area contributed by atoms with Crippen molar-refractivity contribution in [2.24, 2.45) is 0 Å². The molecule has 0 bridgehead atoms. The lowest BCUT2D eigenvalue weighted by atomic mass is 9.95. The molecule has 0 unspecified atom stereocenters. The van der Waals surface area contributed by atoms with E-state index >= 15 is 0 Å². The van der Waals surface area contributed by atoms with Crippen molar-refractivity contribution in [3.8, 4) is 23.1 Å². The van der Waals surface area contributed by atoms with Crippen molar-refractivity contribution in [2.75, 3.05) is 7.05 Å². The van der Waals surface area contributed by atoms with Gasteiger partial charge in [0.1, 0.15) is 34.5 Å². The van der Waals surface area contributed by atoms with Gasteiger partial charge in [-0.3, -0.25) is 14.5 Å². The van der Waals surface area contributed by atoms with Gasteiger partial charge in [-0.1, -0.05) is 6.07 Å². The van der Waals surface area contributed by atoms with E-state index < -0.39 is 23.5 Å². The molecule has 28 heavy (non-hydrogen) atoms. The summed E-state index contributed by atoms with van der Waals surface area (Å²) in [5.41, 5.74) is 0.511. The number of furan rings is 1. The number of benzene rings is 1. The third kappa shape index (κ3) is 3.05. The first-order valence-corrected chi connectivity index (χ1v) is 8.06. The molecule has 1 aliphatic rings. The third-order valence-electron chi connectivity index (χ3n) is 4.37. The van der Waals surface area contributed by atoms with Crippen LogP contribution in [0.1, 0.15) is 23.0 Å². The first kappa shape index (κ1) is 18.7. The van der Waals surface area contributed by atoms with Gasteiger partial charge in [-0.25, -0.2) is 4.79 Å². The summed E-state index contributed by atoms with van der Waals surface area (Å²) < 4.78 is 5.66. The van der Waals surface area contributed by atoms with E-state index in [0.717, 1.165) is 4.90 Å². The van der Waals surface area contributed by atoms with Crippen LogP contribution in [0.3, 0.4) is 0 Å². The Bertz CT molecular complexity index is 1130. The Morgan fingerprint density at radius 1 is 1.21 bits per heavy atom. The molecule has 2 heterocycles. The molecular formula is C20H14N2O6. The summed E-state index contributed by atoms with van der Waals surface area (Å²) in [6.07, 6.45) is 1.42. The van der Waals surface area contributed by atoms with Gasteiger partial charge in [-0.15, -0.1) is 0 Å². The molecular weight excluding hydrogens is 364 g/mol. The first-order valence-electron chi connectivity index (χ1n) is 8.06. The Balaban J connectivity index is 2.01. The lowest BCUT2D eigenvalue weighted by Crippen LogP contribution is -2.39. The van der Waals surface area contributed by atoms with Gasteiger partial charge in [0.2, 0.25) is 0 Å². The maximum absolute atomic E-state index is 12.4. The van der Waals surface area contributed by atoms with Crippen molar-refractivity contribution in [3.63, 3.8) is 0 Å². The van der Waals surface area contributed by atoms with E-state index in [1.54, 1.807) is 12.1 Å². The van der Waals surface area contributed by atoms with Gasteiger partial charge in [-0.2, -0.15) is 5.26 Å². The quantitative estimate of drug-likeness (QED) is 0.619. The molecule has 0 saturated heterocycles. The van der Waals surface area contributed by atoms with Gasteiger partial charge < -0.3 is 14.6 Å². The van der Waals surface area contributed by atoms with Gasteiger partial charge in [0, 0.05) is 18.2 Å². The molecule has 0 fully saturated rings. The number of aromatic carboxylic acids is 1. The fraction of sp³-hybridized carbons (Fsp3) is 0.100. The molecule has 0 atom stereocenters. The van der Waals surface area contributed by atoms with Gasteiger partial charge >= 0.3 is 5.97 Å². The number of nitriles is 1. The maximum atomic E-state index is 12.4. The molecule has 0 radical (unpaired) electrons. The summed E-state index contributed by atoms with van der Waals surface area (Å²) >= 11 is 0. The van der Waals surface area contributed by atoms with E-state index in [9.17, 15) is 24.8 Å². The number of carboxylic acids is 1. The molecule has 1 aliphatic heterocycles. The summed E-state index contributed by atoms with van der Waals surface area (Å²) in [5.74, 6) is -2.23. The Hall–Kier alpha value is -4.12. The second-order valence-corrected chi connectivity index (χ2v) is 6.08. The zero-order valence-electron chi connectivity index (χ0n) is 14.9. The maximum Gasteiger partial charge on any atom is 0.339 e. The number of hydrogen-bond donors (Lipinski definition) is 2. The minimum atomic E-state index is -1.25. The molecule has 1 aromatic heterocycles. The highest BCUT2D eigenvalue weighted by Gasteiger charge is 2.33. The zero-order chi connectivity index (χ0) is 20.6. The number of imide groups is 1. The summed E-state index contributed by atoms with van der Waals surface area (Å²) in [7, 11) is 1.29. The number of nitrogens with zero attached hydrogens (tertiary/aromatic N) is 2. The Morgan fingerprint density at radius 3 is 2.54 bits per heavy atom. The standard InChI is InChI=1S/C20H14N2O6/c1-10-14(18(24)22(2)19(25)15(10)9-21)8-12-4-6-17(28-12)11-3-5-13(20(26)27)16(23)7-11/h3-8,23H,1-2H3,(H,26,27)/b14-8+. The fourth-order valence-electron chi connectivity index (χ4n) is 2.79. The van der Waals surface area contributed by atoms with Crippen molar-refractivity contribution in [1.29, 1.82) is 5.26 Å².